The first kappa shape index (κ1) is 21.6. The van der Waals surface area contributed by atoms with Gasteiger partial charge >= 0.3 is 0 Å². The van der Waals surface area contributed by atoms with Crippen molar-refractivity contribution in [2.75, 3.05) is 9.80 Å². The molecule has 33 heavy (non-hydrogen) atoms. The number of nitrogens with zero attached hydrogens (tertiary/aromatic N) is 3. The van der Waals surface area contributed by atoms with Crippen LogP contribution in [0, 0.1) is 0 Å². The summed E-state index contributed by atoms with van der Waals surface area (Å²) < 4.78 is 0.988. The van der Waals surface area contributed by atoms with E-state index in [4.69, 9.17) is 11.6 Å². The van der Waals surface area contributed by atoms with E-state index >= 15 is 0 Å². The quantitative estimate of drug-likeness (QED) is 0.340. The van der Waals surface area contributed by atoms with Crippen LogP contribution >= 0.6 is 22.9 Å². The summed E-state index contributed by atoms with van der Waals surface area (Å²) in [6, 6.07) is 22.5. The molecule has 2 unspecified atom stereocenters. The summed E-state index contributed by atoms with van der Waals surface area (Å²) >= 11 is 7.48. The number of hydrogen-bond acceptors (Lipinski definition) is 4. The minimum absolute atomic E-state index is 0.0599. The zero-order valence-corrected chi connectivity index (χ0v) is 19.8. The van der Waals surface area contributed by atoms with E-state index in [0.29, 0.717) is 16.5 Å². The van der Waals surface area contributed by atoms with Gasteiger partial charge in [-0.25, -0.2) is 4.98 Å². The molecule has 2 atom stereocenters. The number of carbonyl (C=O) groups is 2. The number of carbonyl (C=O) groups excluding carboxylic acids is 2. The summed E-state index contributed by atoms with van der Waals surface area (Å²) in [6.07, 6.45) is 0.607. The SMILES string of the molecule is CC(=O)N(c1ccc(Cl)cc1)C1CC(C)N(C(=O)c2nc3ccccc3s2)c2ccccc21. The van der Waals surface area contributed by atoms with Gasteiger partial charge in [0.05, 0.1) is 16.3 Å². The Bertz CT molecular complexity index is 1320. The van der Waals surface area contributed by atoms with Crippen LogP contribution in [-0.4, -0.2) is 22.8 Å². The van der Waals surface area contributed by atoms with Gasteiger partial charge in [-0.3, -0.25) is 9.59 Å². The second kappa shape index (κ2) is 8.61. The molecule has 1 aliphatic heterocycles. The third kappa shape index (κ3) is 3.90. The van der Waals surface area contributed by atoms with Crippen molar-refractivity contribution in [2.45, 2.75) is 32.4 Å². The molecule has 5 nitrogen and oxygen atoms in total. The van der Waals surface area contributed by atoms with Gasteiger partial charge in [0.2, 0.25) is 5.91 Å². The van der Waals surface area contributed by atoms with Crippen molar-refractivity contribution in [3.05, 3.63) is 88.4 Å². The van der Waals surface area contributed by atoms with E-state index in [1.165, 1.54) is 11.3 Å². The molecular formula is C26H22ClN3O2S. The van der Waals surface area contributed by atoms with Crippen LogP contribution in [0.2, 0.25) is 5.02 Å². The highest BCUT2D eigenvalue weighted by Crippen LogP contribution is 2.43. The van der Waals surface area contributed by atoms with Gasteiger partial charge in [0.1, 0.15) is 0 Å². The molecule has 166 valence electrons. The lowest BCUT2D eigenvalue weighted by atomic mass is 9.90. The highest BCUT2D eigenvalue weighted by molar-refractivity contribution is 7.20. The summed E-state index contributed by atoms with van der Waals surface area (Å²) in [5.41, 5.74) is 3.36. The molecule has 0 fully saturated rings. The van der Waals surface area contributed by atoms with Crippen LogP contribution < -0.4 is 9.80 Å². The summed E-state index contributed by atoms with van der Waals surface area (Å²) in [6.45, 7) is 3.59. The summed E-state index contributed by atoms with van der Waals surface area (Å²) in [4.78, 5) is 34.6. The van der Waals surface area contributed by atoms with Crippen LogP contribution in [0.25, 0.3) is 10.2 Å². The van der Waals surface area contributed by atoms with Crippen molar-refractivity contribution < 1.29 is 9.59 Å². The Balaban J connectivity index is 1.57. The fraction of sp³-hybridized carbons (Fsp3) is 0.192. The maximum Gasteiger partial charge on any atom is 0.287 e. The molecule has 3 aromatic carbocycles. The van der Waals surface area contributed by atoms with Gasteiger partial charge in [0.15, 0.2) is 5.01 Å². The summed E-state index contributed by atoms with van der Waals surface area (Å²) in [5, 5.41) is 1.09. The molecule has 2 amide bonds. The first-order valence-corrected chi connectivity index (χ1v) is 12.0. The fourth-order valence-electron chi connectivity index (χ4n) is 4.59. The highest BCUT2D eigenvalue weighted by atomic mass is 35.5. The van der Waals surface area contributed by atoms with E-state index in [0.717, 1.165) is 27.2 Å². The highest BCUT2D eigenvalue weighted by Gasteiger charge is 2.38. The molecule has 1 aliphatic rings. The summed E-state index contributed by atoms with van der Waals surface area (Å²) in [7, 11) is 0. The normalized spacial score (nSPS) is 17.6. The van der Waals surface area contributed by atoms with Gasteiger partial charge in [-0.2, -0.15) is 0 Å². The van der Waals surface area contributed by atoms with E-state index in [1.54, 1.807) is 24.0 Å². The Morgan fingerprint density at radius 2 is 1.73 bits per heavy atom. The van der Waals surface area contributed by atoms with Gasteiger partial charge in [-0.1, -0.05) is 41.9 Å². The lowest BCUT2D eigenvalue weighted by molar-refractivity contribution is -0.117. The second-order valence-electron chi connectivity index (χ2n) is 8.19. The summed E-state index contributed by atoms with van der Waals surface area (Å²) in [5.74, 6) is -0.175. The van der Waals surface area contributed by atoms with E-state index in [2.05, 4.69) is 4.98 Å². The topological polar surface area (TPSA) is 53.5 Å². The van der Waals surface area contributed by atoms with Gasteiger partial charge in [-0.05, 0) is 61.4 Å². The number of amides is 2. The Labute approximate surface area is 201 Å². The molecule has 1 aromatic heterocycles. The van der Waals surface area contributed by atoms with Crippen LogP contribution in [0.5, 0.6) is 0 Å². The first-order chi connectivity index (χ1) is 15.9. The average molecular weight is 476 g/mol. The number of hydrogen-bond donors (Lipinski definition) is 0. The van der Waals surface area contributed by atoms with Crippen molar-refractivity contribution >= 4 is 56.3 Å². The van der Waals surface area contributed by atoms with E-state index in [1.807, 2.05) is 72.5 Å². The zero-order valence-electron chi connectivity index (χ0n) is 18.2. The third-order valence-electron chi connectivity index (χ3n) is 6.01. The lowest BCUT2D eigenvalue weighted by Crippen LogP contribution is -2.47. The maximum absolute atomic E-state index is 13.6. The van der Waals surface area contributed by atoms with Crippen molar-refractivity contribution in [1.82, 2.24) is 4.98 Å². The molecule has 0 saturated carbocycles. The maximum atomic E-state index is 13.6. The van der Waals surface area contributed by atoms with Gasteiger partial charge < -0.3 is 9.80 Å². The monoisotopic (exact) mass is 475 g/mol. The molecular weight excluding hydrogens is 454 g/mol. The molecule has 0 aliphatic carbocycles. The molecule has 0 saturated heterocycles. The number of anilines is 2. The average Bonchev–Trinajstić information content (AvgIpc) is 3.24. The standard InChI is InChI=1S/C26H22ClN3O2S/c1-16-15-23(30(17(2)31)19-13-11-18(27)12-14-19)20-7-3-5-9-22(20)29(16)26(32)25-28-21-8-4-6-10-24(21)33-25/h3-14,16,23H,15H2,1-2H3. The third-order valence-corrected chi connectivity index (χ3v) is 7.29. The van der Waals surface area contributed by atoms with E-state index < -0.39 is 0 Å². The second-order valence-corrected chi connectivity index (χ2v) is 9.65. The number of benzene rings is 3. The minimum Gasteiger partial charge on any atom is -0.305 e. The van der Waals surface area contributed by atoms with Crippen molar-refractivity contribution in [2.24, 2.45) is 0 Å². The number of fused-ring (bicyclic) bond motifs is 2. The minimum atomic E-state index is -0.200. The predicted molar refractivity (Wildman–Crippen MR) is 134 cm³/mol. The van der Waals surface area contributed by atoms with Crippen LogP contribution in [0.1, 0.15) is 41.7 Å². The molecule has 7 heteroatoms. The molecule has 0 spiro atoms. The lowest BCUT2D eigenvalue weighted by Gasteiger charge is -2.43. The van der Waals surface area contributed by atoms with Gasteiger partial charge in [-0.15, -0.1) is 11.3 Å². The van der Waals surface area contributed by atoms with E-state index in [-0.39, 0.29) is 23.9 Å². The first-order valence-electron chi connectivity index (χ1n) is 10.8. The molecule has 0 bridgehead atoms. The van der Waals surface area contributed by atoms with Gasteiger partial charge in [0.25, 0.3) is 5.91 Å². The van der Waals surface area contributed by atoms with Crippen molar-refractivity contribution in [3.8, 4) is 0 Å². The van der Waals surface area contributed by atoms with Crippen LogP contribution in [0.3, 0.4) is 0 Å². The zero-order chi connectivity index (χ0) is 23.1. The molecule has 0 radical (unpaired) electrons. The number of para-hydroxylation sites is 2. The fourth-order valence-corrected chi connectivity index (χ4v) is 5.61. The molecule has 2 heterocycles. The van der Waals surface area contributed by atoms with Crippen LogP contribution in [-0.2, 0) is 4.79 Å². The predicted octanol–water partition coefficient (Wildman–Crippen LogP) is 6.48. The largest absolute Gasteiger partial charge is 0.305 e. The van der Waals surface area contributed by atoms with Crippen molar-refractivity contribution in [3.63, 3.8) is 0 Å². The Morgan fingerprint density at radius 3 is 2.45 bits per heavy atom. The number of thiazole rings is 1. The van der Waals surface area contributed by atoms with Crippen LogP contribution in [0.15, 0.2) is 72.8 Å². The number of aromatic nitrogens is 1. The molecule has 5 rings (SSSR count). The Morgan fingerprint density at radius 1 is 1.03 bits per heavy atom. The van der Waals surface area contributed by atoms with Crippen molar-refractivity contribution in [1.29, 1.82) is 0 Å². The van der Waals surface area contributed by atoms with Crippen LogP contribution in [0.4, 0.5) is 11.4 Å². The van der Waals surface area contributed by atoms with Gasteiger partial charge in [0, 0.05) is 29.4 Å². The number of rotatable bonds is 3. The molecule has 4 aromatic rings. The Hall–Kier alpha value is -3.22. The smallest absolute Gasteiger partial charge is 0.287 e. The van der Waals surface area contributed by atoms with E-state index in [9.17, 15) is 9.59 Å². The number of halogens is 1. The Kier molecular flexibility index (Phi) is 5.64. The molecule has 0 N–H and O–H groups in total.